The number of esters is 1. The van der Waals surface area contributed by atoms with Crippen LogP contribution in [0.5, 0.6) is 0 Å². The molecule has 1 rings (SSSR count). The van der Waals surface area contributed by atoms with Crippen LogP contribution in [0.1, 0.15) is 19.4 Å². The first-order valence-corrected chi connectivity index (χ1v) is 7.30. The van der Waals surface area contributed by atoms with E-state index in [1.165, 1.54) is 24.3 Å². The molecule has 0 aromatic heterocycles. The van der Waals surface area contributed by atoms with Gasteiger partial charge in [0.2, 0.25) is 10.0 Å². The molecule has 4 N–H and O–H groups in total. The number of hydrogen-bond acceptors (Lipinski definition) is 5. The minimum absolute atomic E-state index is 0.00254. The van der Waals surface area contributed by atoms with Gasteiger partial charge in [-0.25, -0.2) is 13.6 Å². The Morgan fingerprint density at radius 3 is 2.21 bits per heavy atom. The molecule has 0 aliphatic rings. The number of benzene rings is 1. The largest absolute Gasteiger partial charge is 0.460 e. The molecule has 6 nitrogen and oxygen atoms in total. The lowest BCUT2D eigenvalue weighted by Gasteiger charge is -2.14. The van der Waals surface area contributed by atoms with E-state index in [1.54, 1.807) is 0 Å². The van der Waals surface area contributed by atoms with Crippen LogP contribution in [0.4, 0.5) is 0 Å². The van der Waals surface area contributed by atoms with Crippen molar-refractivity contribution in [3.05, 3.63) is 29.8 Å². The van der Waals surface area contributed by atoms with E-state index in [0.29, 0.717) is 5.56 Å². The van der Waals surface area contributed by atoms with E-state index in [4.69, 9.17) is 15.6 Å². The summed E-state index contributed by atoms with van der Waals surface area (Å²) >= 11 is 0. The van der Waals surface area contributed by atoms with E-state index in [9.17, 15) is 13.2 Å². The van der Waals surface area contributed by atoms with Gasteiger partial charge in [0.05, 0.1) is 4.90 Å². The van der Waals surface area contributed by atoms with Gasteiger partial charge in [-0.3, -0.25) is 4.79 Å². The number of carbonyl (C=O) groups excluding carboxylic acids is 1. The summed E-state index contributed by atoms with van der Waals surface area (Å²) in [7, 11) is -3.70. The van der Waals surface area contributed by atoms with E-state index in [-0.39, 0.29) is 17.4 Å². The number of carbonyl (C=O) groups is 1. The molecule has 0 radical (unpaired) electrons. The summed E-state index contributed by atoms with van der Waals surface area (Å²) in [4.78, 5) is 11.5. The van der Waals surface area contributed by atoms with Gasteiger partial charge in [0.15, 0.2) is 0 Å². The third-order valence-electron chi connectivity index (χ3n) is 2.62. The van der Waals surface area contributed by atoms with Crippen LogP contribution in [0.25, 0.3) is 0 Å². The van der Waals surface area contributed by atoms with Crippen LogP contribution >= 0.6 is 0 Å². The van der Waals surface area contributed by atoms with Crippen LogP contribution in [0, 0.1) is 5.92 Å². The zero-order chi connectivity index (χ0) is 14.6. The highest BCUT2D eigenvalue weighted by Gasteiger charge is 2.18. The van der Waals surface area contributed by atoms with Crippen LogP contribution in [-0.2, 0) is 26.2 Å². The molecular weight excluding hydrogens is 268 g/mol. The minimum atomic E-state index is -3.70. The van der Waals surface area contributed by atoms with Gasteiger partial charge in [0, 0.05) is 0 Å². The van der Waals surface area contributed by atoms with E-state index in [2.05, 4.69) is 0 Å². The molecule has 106 valence electrons. The maximum absolute atomic E-state index is 11.5. The van der Waals surface area contributed by atoms with Crippen molar-refractivity contribution in [2.45, 2.75) is 31.4 Å². The molecule has 1 atom stereocenters. The lowest BCUT2D eigenvalue weighted by molar-refractivity contribution is -0.147. The molecular formula is C12H18N2O4S. The van der Waals surface area contributed by atoms with Crippen molar-refractivity contribution in [1.29, 1.82) is 0 Å². The molecule has 0 fully saturated rings. The van der Waals surface area contributed by atoms with Crippen molar-refractivity contribution in [1.82, 2.24) is 0 Å². The smallest absolute Gasteiger partial charge is 0.323 e. The molecule has 0 heterocycles. The number of rotatable bonds is 5. The quantitative estimate of drug-likeness (QED) is 0.759. The van der Waals surface area contributed by atoms with Crippen molar-refractivity contribution < 1.29 is 17.9 Å². The Kier molecular flexibility index (Phi) is 5.04. The van der Waals surface area contributed by atoms with Crippen molar-refractivity contribution in [2.75, 3.05) is 0 Å². The Hall–Kier alpha value is -1.44. The predicted octanol–water partition coefficient (Wildman–Crippen LogP) is 0.360. The second-order valence-electron chi connectivity index (χ2n) is 4.57. The Morgan fingerprint density at radius 2 is 1.79 bits per heavy atom. The van der Waals surface area contributed by atoms with Crippen molar-refractivity contribution in [3.63, 3.8) is 0 Å². The highest BCUT2D eigenvalue weighted by atomic mass is 32.2. The Morgan fingerprint density at radius 1 is 1.26 bits per heavy atom. The Bertz CT molecular complexity index is 537. The molecule has 0 aliphatic carbocycles. The molecule has 0 bridgehead atoms. The summed E-state index contributed by atoms with van der Waals surface area (Å²) in [5.74, 6) is -0.484. The molecule has 7 heteroatoms. The normalized spacial score (nSPS) is 13.3. The van der Waals surface area contributed by atoms with Gasteiger partial charge in [-0.2, -0.15) is 0 Å². The lowest BCUT2D eigenvalue weighted by Crippen LogP contribution is -2.36. The van der Waals surface area contributed by atoms with E-state index in [0.717, 1.165) is 0 Å². The summed E-state index contributed by atoms with van der Waals surface area (Å²) in [6, 6.07) is 5.13. The fourth-order valence-corrected chi connectivity index (χ4v) is 1.81. The molecule has 0 aliphatic heterocycles. The topological polar surface area (TPSA) is 112 Å². The molecule has 0 spiro atoms. The lowest BCUT2D eigenvalue weighted by atomic mass is 10.1. The molecule has 1 aromatic rings. The van der Waals surface area contributed by atoms with Crippen molar-refractivity contribution >= 4 is 16.0 Å². The minimum Gasteiger partial charge on any atom is -0.460 e. The summed E-state index contributed by atoms with van der Waals surface area (Å²) in [6.45, 7) is 3.70. The summed E-state index contributed by atoms with van der Waals surface area (Å²) < 4.78 is 27.1. The van der Waals surface area contributed by atoms with Crippen LogP contribution in [-0.4, -0.2) is 20.4 Å². The third kappa shape index (κ3) is 4.62. The van der Waals surface area contributed by atoms with E-state index < -0.39 is 22.0 Å². The van der Waals surface area contributed by atoms with Gasteiger partial charge in [-0.05, 0) is 23.6 Å². The second-order valence-corrected chi connectivity index (χ2v) is 6.13. The number of ether oxygens (including phenoxy) is 1. The van der Waals surface area contributed by atoms with Crippen LogP contribution in [0.3, 0.4) is 0 Å². The molecule has 0 amide bonds. The standard InChI is InChI=1S/C12H18N2O4S/c1-8(2)11(13)12(15)18-7-9-3-5-10(6-4-9)19(14,16)17/h3-6,8,11H,7,13H2,1-2H3,(H2,14,16,17). The zero-order valence-corrected chi connectivity index (χ0v) is 11.7. The average Bonchev–Trinajstić information content (AvgIpc) is 2.34. The van der Waals surface area contributed by atoms with Crippen molar-refractivity contribution in [3.8, 4) is 0 Å². The summed E-state index contributed by atoms with van der Waals surface area (Å²) in [6.07, 6.45) is 0. The van der Waals surface area contributed by atoms with Crippen LogP contribution in [0.15, 0.2) is 29.2 Å². The summed E-state index contributed by atoms with van der Waals surface area (Å²) in [5, 5.41) is 4.97. The fraction of sp³-hybridized carbons (Fsp3) is 0.417. The first-order valence-electron chi connectivity index (χ1n) is 5.76. The van der Waals surface area contributed by atoms with Crippen molar-refractivity contribution in [2.24, 2.45) is 16.8 Å². The van der Waals surface area contributed by atoms with E-state index in [1.807, 2.05) is 13.8 Å². The zero-order valence-electron chi connectivity index (χ0n) is 10.9. The SMILES string of the molecule is CC(C)C(N)C(=O)OCc1ccc(S(N)(=O)=O)cc1. The maximum Gasteiger partial charge on any atom is 0.323 e. The molecule has 19 heavy (non-hydrogen) atoms. The summed E-state index contributed by atoms with van der Waals surface area (Å²) in [5.41, 5.74) is 6.30. The molecule has 0 saturated heterocycles. The number of primary sulfonamides is 1. The van der Waals surface area contributed by atoms with Gasteiger partial charge in [0.1, 0.15) is 12.6 Å². The predicted molar refractivity (Wildman–Crippen MR) is 70.4 cm³/mol. The van der Waals surface area contributed by atoms with Gasteiger partial charge in [-0.1, -0.05) is 26.0 Å². The van der Waals surface area contributed by atoms with Gasteiger partial charge < -0.3 is 10.5 Å². The molecule has 1 unspecified atom stereocenters. The number of nitrogens with two attached hydrogens (primary N) is 2. The highest BCUT2D eigenvalue weighted by Crippen LogP contribution is 2.10. The Balaban J connectivity index is 2.63. The maximum atomic E-state index is 11.5. The average molecular weight is 286 g/mol. The number of sulfonamides is 1. The first-order chi connectivity index (χ1) is 8.71. The van der Waals surface area contributed by atoms with Gasteiger partial charge in [0.25, 0.3) is 0 Å². The van der Waals surface area contributed by atoms with Crippen LogP contribution in [0.2, 0.25) is 0 Å². The van der Waals surface area contributed by atoms with Gasteiger partial charge in [-0.15, -0.1) is 0 Å². The number of hydrogen-bond donors (Lipinski definition) is 2. The third-order valence-corrected chi connectivity index (χ3v) is 3.55. The molecule has 0 saturated carbocycles. The highest BCUT2D eigenvalue weighted by molar-refractivity contribution is 7.89. The van der Waals surface area contributed by atoms with E-state index >= 15 is 0 Å². The second kappa shape index (κ2) is 6.14. The fourth-order valence-electron chi connectivity index (χ4n) is 1.30. The monoisotopic (exact) mass is 286 g/mol. The first kappa shape index (κ1) is 15.6. The van der Waals surface area contributed by atoms with Crippen LogP contribution < -0.4 is 10.9 Å². The Labute approximate surface area is 112 Å². The van der Waals surface area contributed by atoms with Gasteiger partial charge >= 0.3 is 5.97 Å². The molecule has 1 aromatic carbocycles.